The Balaban J connectivity index is 1.70. The molecule has 0 aromatic heterocycles. The predicted octanol–water partition coefficient (Wildman–Crippen LogP) is 1.20. The summed E-state index contributed by atoms with van der Waals surface area (Å²) in [7, 11) is 0. The quantitative estimate of drug-likeness (QED) is 0.648. The molecule has 3 atom stereocenters. The van der Waals surface area contributed by atoms with Crippen molar-refractivity contribution in [3.05, 3.63) is 66.2 Å². The van der Waals surface area contributed by atoms with E-state index >= 15 is 0 Å². The van der Waals surface area contributed by atoms with Gasteiger partial charge in [0.2, 0.25) is 5.91 Å². The summed E-state index contributed by atoms with van der Waals surface area (Å²) in [6.07, 6.45) is -1.93. The zero-order chi connectivity index (χ0) is 18.5. The lowest BCUT2D eigenvalue weighted by Crippen LogP contribution is -2.47. The van der Waals surface area contributed by atoms with Crippen LogP contribution in [0, 0.1) is 0 Å². The molecule has 0 saturated carbocycles. The highest BCUT2D eigenvalue weighted by Gasteiger charge is 2.51. The van der Waals surface area contributed by atoms with Crippen LogP contribution in [0.1, 0.15) is 5.56 Å². The molecule has 3 rings (SSSR count). The SMILES string of the molecule is O=C(Nc1ccccc1)C(Cc1ccccc1)NC(=O)[C@H]1O[C@@H]1C(=O)O. The Morgan fingerprint density at radius 1 is 0.962 bits per heavy atom. The number of ether oxygens (including phenoxy) is 1. The number of epoxide rings is 1. The molecule has 0 bridgehead atoms. The van der Waals surface area contributed by atoms with Crippen molar-refractivity contribution < 1.29 is 24.2 Å². The van der Waals surface area contributed by atoms with E-state index in [0.717, 1.165) is 5.56 Å². The average molecular weight is 354 g/mol. The number of carboxylic acid groups (broad SMARTS) is 1. The molecule has 0 aliphatic carbocycles. The van der Waals surface area contributed by atoms with Crippen molar-refractivity contribution in [2.75, 3.05) is 5.32 Å². The third-order valence-electron chi connectivity index (χ3n) is 3.95. The Hall–Kier alpha value is -3.19. The lowest BCUT2D eigenvalue weighted by molar-refractivity contribution is -0.138. The molecule has 0 radical (unpaired) electrons. The summed E-state index contributed by atoms with van der Waals surface area (Å²) in [5.74, 6) is -2.19. The normalized spacial score (nSPS) is 19.2. The molecular weight excluding hydrogens is 336 g/mol. The lowest BCUT2D eigenvalue weighted by Gasteiger charge is -2.18. The number of hydrogen-bond acceptors (Lipinski definition) is 4. The minimum atomic E-state index is -1.20. The molecule has 134 valence electrons. The van der Waals surface area contributed by atoms with Crippen LogP contribution in [0.2, 0.25) is 0 Å². The monoisotopic (exact) mass is 354 g/mol. The zero-order valence-electron chi connectivity index (χ0n) is 13.8. The van der Waals surface area contributed by atoms with Crippen molar-refractivity contribution in [2.24, 2.45) is 0 Å². The van der Waals surface area contributed by atoms with E-state index < -0.39 is 30.1 Å². The highest BCUT2D eigenvalue weighted by atomic mass is 16.6. The molecule has 1 heterocycles. The summed E-state index contributed by atoms with van der Waals surface area (Å²) in [4.78, 5) is 35.7. The Morgan fingerprint density at radius 2 is 1.58 bits per heavy atom. The molecule has 2 aromatic rings. The van der Waals surface area contributed by atoms with E-state index in [-0.39, 0.29) is 12.3 Å². The van der Waals surface area contributed by atoms with E-state index in [2.05, 4.69) is 10.6 Å². The van der Waals surface area contributed by atoms with Crippen LogP contribution in [0.15, 0.2) is 60.7 Å². The van der Waals surface area contributed by atoms with Crippen LogP contribution in [0.4, 0.5) is 5.69 Å². The summed E-state index contributed by atoms with van der Waals surface area (Å²) >= 11 is 0. The van der Waals surface area contributed by atoms with E-state index in [9.17, 15) is 14.4 Å². The number of nitrogens with one attached hydrogen (secondary N) is 2. The van der Waals surface area contributed by atoms with Gasteiger partial charge in [0.1, 0.15) is 6.04 Å². The number of carbonyl (C=O) groups is 3. The molecule has 2 amide bonds. The van der Waals surface area contributed by atoms with Crippen LogP contribution in [0.3, 0.4) is 0 Å². The number of para-hydroxylation sites is 1. The summed E-state index contributed by atoms with van der Waals surface area (Å²) in [6, 6.07) is 17.3. The van der Waals surface area contributed by atoms with Gasteiger partial charge in [0, 0.05) is 12.1 Å². The standard InChI is InChI=1S/C19H18N2O5/c22-17(20-13-9-5-2-6-10-13)14(11-12-7-3-1-4-8-12)21-18(23)15-16(26-15)19(24)25/h1-10,14-16H,11H2,(H,20,22)(H,21,23)(H,24,25)/t14?,15-,16-/m0/s1. The number of aliphatic carboxylic acids is 1. The van der Waals surface area contributed by atoms with Crippen molar-refractivity contribution in [3.8, 4) is 0 Å². The van der Waals surface area contributed by atoms with Gasteiger partial charge < -0.3 is 20.5 Å². The first-order valence-electron chi connectivity index (χ1n) is 8.13. The first kappa shape index (κ1) is 17.6. The Morgan fingerprint density at radius 3 is 2.15 bits per heavy atom. The van der Waals surface area contributed by atoms with Crippen molar-refractivity contribution in [1.82, 2.24) is 5.32 Å². The van der Waals surface area contributed by atoms with Crippen LogP contribution in [-0.2, 0) is 25.5 Å². The maximum atomic E-state index is 12.6. The van der Waals surface area contributed by atoms with Gasteiger partial charge >= 0.3 is 5.97 Å². The molecule has 1 saturated heterocycles. The van der Waals surface area contributed by atoms with Gasteiger partial charge in [-0.2, -0.15) is 0 Å². The number of hydrogen-bond donors (Lipinski definition) is 3. The summed E-state index contributed by atoms with van der Waals surface area (Å²) in [5.41, 5.74) is 1.48. The summed E-state index contributed by atoms with van der Waals surface area (Å²) in [5, 5.41) is 14.2. The highest BCUT2D eigenvalue weighted by molar-refractivity contribution is 5.99. The molecule has 0 spiro atoms. The van der Waals surface area contributed by atoms with Crippen molar-refractivity contribution in [2.45, 2.75) is 24.7 Å². The minimum Gasteiger partial charge on any atom is -0.479 e. The van der Waals surface area contributed by atoms with Gasteiger partial charge in [-0.3, -0.25) is 9.59 Å². The second-order valence-electron chi connectivity index (χ2n) is 5.92. The minimum absolute atomic E-state index is 0.274. The van der Waals surface area contributed by atoms with E-state index in [1.807, 2.05) is 36.4 Å². The Kier molecular flexibility index (Phi) is 5.28. The van der Waals surface area contributed by atoms with E-state index in [0.29, 0.717) is 5.69 Å². The topological polar surface area (TPSA) is 108 Å². The van der Waals surface area contributed by atoms with Gasteiger partial charge in [-0.15, -0.1) is 0 Å². The number of benzene rings is 2. The molecule has 1 aliphatic rings. The molecule has 3 N–H and O–H groups in total. The third kappa shape index (κ3) is 4.46. The van der Waals surface area contributed by atoms with E-state index in [1.54, 1.807) is 24.3 Å². The van der Waals surface area contributed by atoms with Crippen LogP contribution >= 0.6 is 0 Å². The van der Waals surface area contributed by atoms with Crippen LogP contribution in [0.5, 0.6) is 0 Å². The van der Waals surface area contributed by atoms with Crippen LogP contribution in [-0.4, -0.2) is 41.1 Å². The van der Waals surface area contributed by atoms with Gasteiger partial charge in [-0.05, 0) is 17.7 Å². The van der Waals surface area contributed by atoms with Gasteiger partial charge in [0.05, 0.1) is 0 Å². The Bertz CT molecular complexity index is 794. The van der Waals surface area contributed by atoms with Crippen LogP contribution in [0.25, 0.3) is 0 Å². The van der Waals surface area contributed by atoms with E-state index in [1.165, 1.54) is 0 Å². The Labute approximate surface area is 150 Å². The molecular formula is C19H18N2O5. The van der Waals surface area contributed by atoms with Crippen molar-refractivity contribution in [1.29, 1.82) is 0 Å². The van der Waals surface area contributed by atoms with E-state index in [4.69, 9.17) is 9.84 Å². The third-order valence-corrected chi connectivity index (χ3v) is 3.95. The second kappa shape index (κ2) is 7.79. The fourth-order valence-electron chi connectivity index (χ4n) is 2.56. The van der Waals surface area contributed by atoms with Crippen LogP contribution < -0.4 is 10.6 Å². The molecule has 2 aromatic carbocycles. The maximum Gasteiger partial charge on any atom is 0.336 e. The number of carboxylic acids is 1. The number of anilines is 1. The molecule has 1 unspecified atom stereocenters. The average Bonchev–Trinajstić information content (AvgIpc) is 3.44. The summed E-state index contributed by atoms with van der Waals surface area (Å²) < 4.78 is 4.85. The van der Waals surface area contributed by atoms with Crippen molar-refractivity contribution >= 4 is 23.5 Å². The largest absolute Gasteiger partial charge is 0.479 e. The van der Waals surface area contributed by atoms with Gasteiger partial charge in [0.25, 0.3) is 5.91 Å². The molecule has 26 heavy (non-hydrogen) atoms. The number of rotatable bonds is 7. The first-order chi connectivity index (χ1) is 12.5. The fourth-order valence-corrected chi connectivity index (χ4v) is 2.56. The lowest BCUT2D eigenvalue weighted by atomic mass is 10.0. The molecule has 1 aliphatic heterocycles. The molecule has 1 fully saturated rings. The summed E-state index contributed by atoms with van der Waals surface area (Å²) in [6.45, 7) is 0. The first-order valence-corrected chi connectivity index (χ1v) is 8.13. The molecule has 7 nitrogen and oxygen atoms in total. The second-order valence-corrected chi connectivity index (χ2v) is 5.92. The highest BCUT2D eigenvalue weighted by Crippen LogP contribution is 2.22. The maximum absolute atomic E-state index is 12.6. The fraction of sp³-hybridized carbons (Fsp3) is 0.211. The zero-order valence-corrected chi connectivity index (χ0v) is 13.8. The molecule has 7 heteroatoms. The number of amides is 2. The predicted molar refractivity (Wildman–Crippen MR) is 93.4 cm³/mol. The van der Waals surface area contributed by atoms with Gasteiger partial charge in [0.15, 0.2) is 12.2 Å². The van der Waals surface area contributed by atoms with Crippen molar-refractivity contribution in [3.63, 3.8) is 0 Å². The van der Waals surface area contributed by atoms with Gasteiger partial charge in [-0.1, -0.05) is 48.5 Å². The van der Waals surface area contributed by atoms with Gasteiger partial charge in [-0.25, -0.2) is 4.79 Å². The number of carbonyl (C=O) groups excluding carboxylic acids is 2. The smallest absolute Gasteiger partial charge is 0.336 e.